The lowest BCUT2D eigenvalue weighted by molar-refractivity contribution is 0.417. The van der Waals surface area contributed by atoms with Gasteiger partial charge in [-0.15, -0.1) is 0 Å². The van der Waals surface area contributed by atoms with Gasteiger partial charge in [0.2, 0.25) is 0 Å². The molecule has 0 radical (unpaired) electrons. The molecule has 0 aliphatic heterocycles. The average molecular weight is 236 g/mol. The van der Waals surface area contributed by atoms with Gasteiger partial charge in [0.25, 0.3) is 0 Å². The van der Waals surface area contributed by atoms with E-state index in [1.165, 1.54) is 45.1 Å². The van der Waals surface area contributed by atoms with Crippen molar-refractivity contribution in [3.8, 4) is 6.07 Å². The van der Waals surface area contributed by atoms with E-state index >= 15 is 0 Å². The van der Waals surface area contributed by atoms with Gasteiger partial charge in [0.1, 0.15) is 0 Å². The molecule has 1 saturated carbocycles. The second kappa shape index (κ2) is 7.71. The van der Waals surface area contributed by atoms with Crippen LogP contribution in [0.5, 0.6) is 0 Å². The number of unbranched alkanes of at least 4 members (excludes halogenated alkanes) is 1. The predicted molar refractivity (Wildman–Crippen MR) is 72.7 cm³/mol. The number of hydrogen-bond donors (Lipinski definition) is 1. The van der Waals surface area contributed by atoms with Gasteiger partial charge >= 0.3 is 0 Å². The SMILES string of the molecule is CC(C)(C#N)CCCCNCCC1CCCC1. The van der Waals surface area contributed by atoms with Gasteiger partial charge in [-0.3, -0.25) is 0 Å². The second-order valence-electron chi connectivity index (χ2n) is 6.14. The Morgan fingerprint density at radius 2 is 1.88 bits per heavy atom. The molecular formula is C15H28N2. The quantitative estimate of drug-likeness (QED) is 0.649. The molecule has 17 heavy (non-hydrogen) atoms. The fraction of sp³-hybridized carbons (Fsp3) is 0.933. The number of hydrogen-bond acceptors (Lipinski definition) is 2. The van der Waals surface area contributed by atoms with Gasteiger partial charge in [-0.25, -0.2) is 0 Å². The summed E-state index contributed by atoms with van der Waals surface area (Å²) in [4.78, 5) is 0. The molecule has 0 aromatic rings. The third kappa shape index (κ3) is 6.68. The molecule has 0 amide bonds. The van der Waals surface area contributed by atoms with Crippen molar-refractivity contribution in [1.82, 2.24) is 5.32 Å². The van der Waals surface area contributed by atoms with E-state index in [1.54, 1.807) is 0 Å². The van der Waals surface area contributed by atoms with Gasteiger partial charge in [-0.2, -0.15) is 5.26 Å². The maximum Gasteiger partial charge on any atom is 0.0683 e. The van der Waals surface area contributed by atoms with Gasteiger partial charge in [-0.1, -0.05) is 32.1 Å². The Balaban J connectivity index is 1.86. The molecule has 2 nitrogen and oxygen atoms in total. The normalized spacial score (nSPS) is 17.2. The first-order valence-corrected chi connectivity index (χ1v) is 7.26. The third-order valence-corrected chi connectivity index (χ3v) is 3.91. The topological polar surface area (TPSA) is 35.8 Å². The Labute approximate surface area is 107 Å². The highest BCUT2D eigenvalue weighted by molar-refractivity contribution is 4.91. The van der Waals surface area contributed by atoms with Crippen molar-refractivity contribution < 1.29 is 0 Å². The summed E-state index contributed by atoms with van der Waals surface area (Å²) in [5.74, 6) is 1.00. The van der Waals surface area contributed by atoms with E-state index in [1.807, 2.05) is 13.8 Å². The Morgan fingerprint density at radius 1 is 1.18 bits per heavy atom. The van der Waals surface area contributed by atoms with Crippen molar-refractivity contribution in [2.24, 2.45) is 11.3 Å². The molecule has 1 fully saturated rings. The van der Waals surface area contributed by atoms with E-state index in [0.29, 0.717) is 0 Å². The van der Waals surface area contributed by atoms with Crippen LogP contribution in [0.25, 0.3) is 0 Å². The fourth-order valence-corrected chi connectivity index (χ4v) is 2.60. The Hall–Kier alpha value is -0.550. The highest BCUT2D eigenvalue weighted by Gasteiger charge is 2.15. The minimum atomic E-state index is -0.135. The van der Waals surface area contributed by atoms with Gasteiger partial charge < -0.3 is 5.32 Å². The van der Waals surface area contributed by atoms with E-state index < -0.39 is 0 Å². The molecule has 0 heterocycles. The zero-order valence-corrected chi connectivity index (χ0v) is 11.6. The smallest absolute Gasteiger partial charge is 0.0683 e. The zero-order valence-electron chi connectivity index (χ0n) is 11.6. The van der Waals surface area contributed by atoms with E-state index in [0.717, 1.165) is 25.3 Å². The summed E-state index contributed by atoms with van der Waals surface area (Å²) < 4.78 is 0. The van der Waals surface area contributed by atoms with Crippen molar-refractivity contribution in [2.75, 3.05) is 13.1 Å². The number of rotatable bonds is 8. The zero-order chi connectivity index (χ0) is 12.6. The van der Waals surface area contributed by atoms with Crippen molar-refractivity contribution in [3.05, 3.63) is 0 Å². The summed E-state index contributed by atoms with van der Waals surface area (Å²) in [7, 11) is 0. The largest absolute Gasteiger partial charge is 0.317 e. The molecule has 0 atom stereocenters. The molecule has 98 valence electrons. The first-order valence-electron chi connectivity index (χ1n) is 7.26. The number of nitriles is 1. The van der Waals surface area contributed by atoms with Crippen LogP contribution in [0.3, 0.4) is 0 Å². The molecule has 1 rings (SSSR count). The fourth-order valence-electron chi connectivity index (χ4n) is 2.60. The van der Waals surface area contributed by atoms with E-state index in [4.69, 9.17) is 5.26 Å². The van der Waals surface area contributed by atoms with Crippen LogP contribution in [0.2, 0.25) is 0 Å². The summed E-state index contributed by atoms with van der Waals surface area (Å²) in [5.41, 5.74) is -0.135. The van der Waals surface area contributed by atoms with Gasteiger partial charge in [0.15, 0.2) is 0 Å². The van der Waals surface area contributed by atoms with Crippen LogP contribution in [0.1, 0.15) is 65.2 Å². The standard InChI is InChI=1S/C15H28N2/c1-15(2,13-16)10-5-6-11-17-12-9-14-7-3-4-8-14/h14,17H,3-12H2,1-2H3. The molecule has 0 saturated heterocycles. The highest BCUT2D eigenvalue weighted by Crippen LogP contribution is 2.26. The van der Waals surface area contributed by atoms with Crippen molar-refractivity contribution in [1.29, 1.82) is 5.26 Å². The Morgan fingerprint density at radius 3 is 2.53 bits per heavy atom. The van der Waals surface area contributed by atoms with Crippen molar-refractivity contribution in [3.63, 3.8) is 0 Å². The summed E-state index contributed by atoms with van der Waals surface area (Å²) in [6.07, 6.45) is 10.6. The molecule has 0 bridgehead atoms. The monoisotopic (exact) mass is 236 g/mol. The van der Waals surface area contributed by atoms with Crippen LogP contribution in [0.4, 0.5) is 0 Å². The van der Waals surface area contributed by atoms with Crippen molar-refractivity contribution in [2.45, 2.75) is 65.2 Å². The van der Waals surface area contributed by atoms with Crippen molar-refractivity contribution >= 4 is 0 Å². The molecule has 1 N–H and O–H groups in total. The van der Waals surface area contributed by atoms with E-state index in [-0.39, 0.29) is 5.41 Å². The molecule has 0 aromatic heterocycles. The summed E-state index contributed by atoms with van der Waals surface area (Å²) in [6, 6.07) is 2.36. The summed E-state index contributed by atoms with van der Waals surface area (Å²) in [5, 5.41) is 12.4. The van der Waals surface area contributed by atoms with E-state index in [2.05, 4.69) is 11.4 Å². The summed E-state index contributed by atoms with van der Waals surface area (Å²) >= 11 is 0. The minimum absolute atomic E-state index is 0.135. The molecule has 1 aliphatic carbocycles. The Kier molecular flexibility index (Phi) is 6.58. The molecule has 0 unspecified atom stereocenters. The molecule has 0 aromatic carbocycles. The van der Waals surface area contributed by atoms with Crippen LogP contribution in [0, 0.1) is 22.7 Å². The molecule has 2 heteroatoms. The Bertz CT molecular complexity index is 234. The lowest BCUT2D eigenvalue weighted by Gasteiger charge is -2.14. The van der Waals surface area contributed by atoms with Crippen LogP contribution in [0.15, 0.2) is 0 Å². The number of nitrogens with one attached hydrogen (secondary N) is 1. The molecule has 0 spiro atoms. The van der Waals surface area contributed by atoms with Gasteiger partial charge in [0, 0.05) is 0 Å². The minimum Gasteiger partial charge on any atom is -0.317 e. The molecule has 1 aliphatic rings. The summed E-state index contributed by atoms with van der Waals surface area (Å²) in [6.45, 7) is 6.36. The third-order valence-electron chi connectivity index (χ3n) is 3.91. The van der Waals surface area contributed by atoms with Gasteiger partial charge in [-0.05, 0) is 52.1 Å². The highest BCUT2D eigenvalue weighted by atomic mass is 14.8. The van der Waals surface area contributed by atoms with Crippen LogP contribution >= 0.6 is 0 Å². The number of nitrogens with zero attached hydrogens (tertiary/aromatic N) is 1. The first-order chi connectivity index (χ1) is 8.14. The van der Waals surface area contributed by atoms with Gasteiger partial charge in [0.05, 0.1) is 11.5 Å². The van der Waals surface area contributed by atoms with Crippen LogP contribution in [-0.2, 0) is 0 Å². The predicted octanol–water partition coefficient (Wildman–Crippen LogP) is 3.88. The molecular weight excluding hydrogens is 208 g/mol. The lowest BCUT2D eigenvalue weighted by Crippen LogP contribution is -2.19. The second-order valence-corrected chi connectivity index (χ2v) is 6.14. The maximum atomic E-state index is 8.89. The average Bonchev–Trinajstić information content (AvgIpc) is 2.81. The lowest BCUT2D eigenvalue weighted by atomic mass is 9.89. The maximum absolute atomic E-state index is 8.89. The van der Waals surface area contributed by atoms with E-state index in [9.17, 15) is 0 Å². The first kappa shape index (κ1) is 14.5. The van der Waals surface area contributed by atoms with Crippen LogP contribution < -0.4 is 5.32 Å². The van der Waals surface area contributed by atoms with Crippen LogP contribution in [-0.4, -0.2) is 13.1 Å².